The van der Waals surface area contributed by atoms with Gasteiger partial charge < -0.3 is 23.9 Å². The van der Waals surface area contributed by atoms with E-state index in [4.69, 9.17) is 18.6 Å². The van der Waals surface area contributed by atoms with Crippen LogP contribution >= 0.6 is 0 Å². The van der Waals surface area contributed by atoms with Crippen LogP contribution in [0.5, 0.6) is 11.5 Å². The first-order valence-corrected chi connectivity index (χ1v) is 7.04. The number of fused-ring (bicyclic) bond motifs is 1. The van der Waals surface area contributed by atoms with Crippen molar-refractivity contribution in [3.8, 4) is 11.5 Å². The number of carbonyl (C=O) groups excluding carboxylic acids is 2. The molecule has 1 atom stereocenters. The van der Waals surface area contributed by atoms with E-state index < -0.39 is 18.0 Å². The number of carbonyl (C=O) groups is 2. The molecule has 1 N–H and O–H groups in total. The number of benzene rings is 1. The Morgan fingerprint density at radius 3 is 2.87 bits per heavy atom. The largest absolute Gasteiger partial charge is 0.457 e. The minimum absolute atomic E-state index is 0.0559. The smallest absolute Gasteiger partial charge is 0.374 e. The van der Waals surface area contributed by atoms with E-state index in [1.54, 1.807) is 18.2 Å². The highest BCUT2D eigenvalue weighted by atomic mass is 16.7. The number of furan rings is 1. The molecule has 1 aliphatic heterocycles. The molecule has 1 aliphatic rings. The van der Waals surface area contributed by atoms with Crippen molar-refractivity contribution >= 4 is 11.9 Å². The van der Waals surface area contributed by atoms with Gasteiger partial charge in [-0.2, -0.15) is 0 Å². The Bertz CT molecular complexity index is 709. The highest BCUT2D eigenvalue weighted by Crippen LogP contribution is 2.32. The van der Waals surface area contributed by atoms with E-state index in [2.05, 4.69) is 5.32 Å². The van der Waals surface area contributed by atoms with Gasteiger partial charge in [0.15, 0.2) is 17.6 Å². The number of esters is 1. The van der Waals surface area contributed by atoms with Gasteiger partial charge in [0.05, 0.1) is 6.26 Å². The first-order chi connectivity index (χ1) is 11.1. The Hall–Kier alpha value is -2.96. The van der Waals surface area contributed by atoms with Gasteiger partial charge in [-0.1, -0.05) is 6.07 Å². The third kappa shape index (κ3) is 3.45. The van der Waals surface area contributed by atoms with Crippen molar-refractivity contribution in [2.24, 2.45) is 0 Å². The molecule has 0 bridgehead atoms. The lowest BCUT2D eigenvalue weighted by molar-refractivity contribution is -0.129. The molecular formula is C16H15NO6. The van der Waals surface area contributed by atoms with Crippen LogP contribution in [0.15, 0.2) is 41.0 Å². The van der Waals surface area contributed by atoms with Crippen molar-refractivity contribution < 1.29 is 28.2 Å². The van der Waals surface area contributed by atoms with Gasteiger partial charge in [0.25, 0.3) is 5.91 Å². The molecule has 3 rings (SSSR count). The molecule has 0 fully saturated rings. The topological polar surface area (TPSA) is 87.0 Å². The van der Waals surface area contributed by atoms with Crippen molar-refractivity contribution in [2.75, 3.05) is 6.79 Å². The maximum atomic E-state index is 12.0. The van der Waals surface area contributed by atoms with E-state index in [1.165, 1.54) is 19.3 Å². The highest BCUT2D eigenvalue weighted by molar-refractivity contribution is 5.89. The Kier molecular flexibility index (Phi) is 4.18. The molecular weight excluding hydrogens is 302 g/mol. The van der Waals surface area contributed by atoms with Gasteiger partial charge in [0, 0.05) is 6.54 Å². The summed E-state index contributed by atoms with van der Waals surface area (Å²) in [5, 5.41) is 2.70. The Morgan fingerprint density at radius 1 is 1.26 bits per heavy atom. The van der Waals surface area contributed by atoms with Crippen LogP contribution in [0.2, 0.25) is 0 Å². The van der Waals surface area contributed by atoms with E-state index in [0.717, 1.165) is 5.56 Å². The zero-order chi connectivity index (χ0) is 16.2. The molecule has 0 spiro atoms. The van der Waals surface area contributed by atoms with Crippen LogP contribution in [0.3, 0.4) is 0 Å². The van der Waals surface area contributed by atoms with E-state index in [0.29, 0.717) is 11.5 Å². The van der Waals surface area contributed by atoms with Gasteiger partial charge in [-0.15, -0.1) is 0 Å². The first-order valence-electron chi connectivity index (χ1n) is 7.04. The molecule has 1 aromatic carbocycles. The Balaban J connectivity index is 1.51. The lowest BCUT2D eigenvalue weighted by Gasteiger charge is -2.12. The fraction of sp³-hybridized carbons (Fsp3) is 0.250. The molecule has 7 heteroatoms. The van der Waals surface area contributed by atoms with Crippen molar-refractivity contribution in [3.05, 3.63) is 47.9 Å². The average molecular weight is 317 g/mol. The van der Waals surface area contributed by atoms with Gasteiger partial charge in [0.2, 0.25) is 12.6 Å². The zero-order valence-electron chi connectivity index (χ0n) is 12.4. The Labute approximate surface area is 132 Å². The van der Waals surface area contributed by atoms with Crippen molar-refractivity contribution in [3.63, 3.8) is 0 Å². The number of hydrogen-bond acceptors (Lipinski definition) is 6. The third-order valence-electron chi connectivity index (χ3n) is 3.28. The van der Waals surface area contributed by atoms with Gasteiger partial charge in [-0.25, -0.2) is 4.79 Å². The summed E-state index contributed by atoms with van der Waals surface area (Å²) in [6.07, 6.45) is 0.433. The molecule has 0 radical (unpaired) electrons. The summed E-state index contributed by atoms with van der Waals surface area (Å²) in [6.45, 7) is 1.98. The second-order valence-electron chi connectivity index (χ2n) is 4.93. The van der Waals surface area contributed by atoms with Crippen LogP contribution < -0.4 is 14.8 Å². The summed E-state index contributed by atoms with van der Waals surface area (Å²) in [6, 6.07) is 8.44. The van der Waals surface area contributed by atoms with Gasteiger partial charge >= 0.3 is 5.97 Å². The standard InChI is InChI=1S/C16H15NO6/c1-10(23-16(19)13-3-2-6-20-13)15(18)17-8-11-4-5-12-14(7-11)22-9-21-12/h2-7,10H,8-9H2,1H3,(H,17,18)/t10-/m0/s1. The molecule has 0 aliphatic carbocycles. The highest BCUT2D eigenvalue weighted by Gasteiger charge is 2.20. The summed E-state index contributed by atoms with van der Waals surface area (Å²) >= 11 is 0. The lowest BCUT2D eigenvalue weighted by Crippen LogP contribution is -2.35. The van der Waals surface area contributed by atoms with Crippen LogP contribution in [0, 0.1) is 0 Å². The minimum atomic E-state index is -0.929. The lowest BCUT2D eigenvalue weighted by atomic mass is 10.2. The number of nitrogens with one attached hydrogen (secondary N) is 1. The molecule has 2 heterocycles. The molecule has 1 aromatic heterocycles. The molecule has 1 amide bonds. The summed E-state index contributed by atoms with van der Waals surface area (Å²) in [7, 11) is 0. The Morgan fingerprint density at radius 2 is 2.09 bits per heavy atom. The first kappa shape index (κ1) is 15.0. The van der Waals surface area contributed by atoms with Crippen LogP contribution in [0.25, 0.3) is 0 Å². The van der Waals surface area contributed by atoms with E-state index in [1.807, 2.05) is 6.07 Å². The quantitative estimate of drug-likeness (QED) is 0.847. The number of amides is 1. The van der Waals surface area contributed by atoms with Gasteiger partial charge in [-0.05, 0) is 36.8 Å². The van der Waals surface area contributed by atoms with Crippen LogP contribution in [-0.2, 0) is 16.1 Å². The number of rotatable bonds is 5. The fourth-order valence-corrected chi connectivity index (χ4v) is 2.05. The molecule has 0 unspecified atom stereocenters. The zero-order valence-corrected chi connectivity index (χ0v) is 12.4. The van der Waals surface area contributed by atoms with Crippen molar-refractivity contribution in [1.29, 1.82) is 0 Å². The van der Waals surface area contributed by atoms with E-state index >= 15 is 0 Å². The number of hydrogen-bond donors (Lipinski definition) is 1. The predicted molar refractivity (Wildman–Crippen MR) is 78.0 cm³/mol. The van der Waals surface area contributed by atoms with E-state index in [9.17, 15) is 9.59 Å². The maximum absolute atomic E-state index is 12.0. The second kappa shape index (κ2) is 6.43. The fourth-order valence-electron chi connectivity index (χ4n) is 2.05. The summed E-state index contributed by atoms with van der Waals surface area (Å²) in [5.41, 5.74) is 0.854. The van der Waals surface area contributed by atoms with Gasteiger partial charge in [0.1, 0.15) is 0 Å². The molecule has 2 aromatic rings. The summed E-state index contributed by atoms with van der Waals surface area (Å²) in [4.78, 5) is 23.7. The van der Waals surface area contributed by atoms with Crippen molar-refractivity contribution in [2.45, 2.75) is 19.6 Å². The number of ether oxygens (including phenoxy) is 3. The van der Waals surface area contributed by atoms with E-state index in [-0.39, 0.29) is 19.1 Å². The minimum Gasteiger partial charge on any atom is -0.457 e. The summed E-state index contributed by atoms with van der Waals surface area (Å²) in [5.74, 6) is 0.304. The van der Waals surface area contributed by atoms with Gasteiger partial charge in [-0.3, -0.25) is 4.79 Å². The molecule has 120 valence electrons. The average Bonchev–Trinajstić information content (AvgIpc) is 3.22. The second-order valence-corrected chi connectivity index (χ2v) is 4.93. The molecule has 7 nitrogen and oxygen atoms in total. The van der Waals surface area contributed by atoms with Crippen LogP contribution in [0.1, 0.15) is 23.0 Å². The SMILES string of the molecule is C[C@H](OC(=O)c1ccco1)C(=O)NCc1ccc2c(c1)OCO2. The predicted octanol–water partition coefficient (Wildman–Crippen LogP) is 1.87. The maximum Gasteiger partial charge on any atom is 0.374 e. The van der Waals surface area contributed by atoms with Crippen LogP contribution in [-0.4, -0.2) is 24.8 Å². The molecule has 0 saturated carbocycles. The normalized spacial score (nSPS) is 13.4. The monoisotopic (exact) mass is 317 g/mol. The summed E-state index contributed by atoms with van der Waals surface area (Å²) < 4.78 is 20.4. The molecule has 0 saturated heterocycles. The third-order valence-corrected chi connectivity index (χ3v) is 3.28. The van der Waals surface area contributed by atoms with Crippen molar-refractivity contribution in [1.82, 2.24) is 5.32 Å². The van der Waals surface area contributed by atoms with Crippen LogP contribution in [0.4, 0.5) is 0 Å². The molecule has 23 heavy (non-hydrogen) atoms.